The number of hydrogen-bond acceptors (Lipinski definition) is 4. The van der Waals surface area contributed by atoms with Crippen LogP contribution in [0.3, 0.4) is 0 Å². The van der Waals surface area contributed by atoms with E-state index >= 15 is 0 Å². The van der Waals surface area contributed by atoms with Gasteiger partial charge in [0.05, 0.1) is 6.42 Å². The molecule has 1 saturated heterocycles. The van der Waals surface area contributed by atoms with Crippen LogP contribution in [0.15, 0.2) is 16.5 Å². The third-order valence-corrected chi connectivity index (χ3v) is 3.54. The summed E-state index contributed by atoms with van der Waals surface area (Å²) in [6.07, 6.45) is 0.565. The largest absolute Gasteiger partial charge is 0.466 e. The van der Waals surface area contributed by atoms with E-state index in [4.69, 9.17) is 4.42 Å². The summed E-state index contributed by atoms with van der Waals surface area (Å²) in [6, 6.07) is 2.63. The number of amides is 4. The van der Waals surface area contributed by atoms with Crippen LogP contribution in [-0.2, 0) is 16.0 Å². The fourth-order valence-corrected chi connectivity index (χ4v) is 2.27. The van der Waals surface area contributed by atoms with Gasteiger partial charge in [-0.05, 0) is 19.1 Å². The average molecular weight is 293 g/mol. The van der Waals surface area contributed by atoms with Gasteiger partial charge >= 0.3 is 6.03 Å². The van der Waals surface area contributed by atoms with E-state index in [1.807, 2.05) is 19.1 Å². The summed E-state index contributed by atoms with van der Waals surface area (Å²) in [5.74, 6) is 1.03. The van der Waals surface area contributed by atoms with E-state index in [-0.39, 0.29) is 24.3 Å². The standard InChI is InChI=1S/C14H19N3O4/c1-9-4-5-10(21-9)6-7-15-12(18)8-11-13(19)17(3)14(20)16(11)2/h4-5,11H,6-8H2,1-3H3,(H,15,18)/t11-/m1/s1. The lowest BCUT2D eigenvalue weighted by Gasteiger charge is -2.15. The lowest BCUT2D eigenvalue weighted by atomic mass is 10.2. The quantitative estimate of drug-likeness (QED) is 0.803. The molecule has 1 aliphatic rings. The van der Waals surface area contributed by atoms with E-state index in [1.165, 1.54) is 19.0 Å². The minimum atomic E-state index is -0.714. The van der Waals surface area contributed by atoms with Crippen molar-refractivity contribution < 1.29 is 18.8 Å². The lowest BCUT2D eigenvalue weighted by molar-refractivity contribution is -0.131. The molecule has 2 rings (SSSR count). The number of aryl methyl sites for hydroxylation is 1. The zero-order valence-corrected chi connectivity index (χ0v) is 12.4. The summed E-state index contributed by atoms with van der Waals surface area (Å²) < 4.78 is 5.40. The summed E-state index contributed by atoms with van der Waals surface area (Å²) in [5.41, 5.74) is 0. The topological polar surface area (TPSA) is 82.9 Å². The number of imide groups is 1. The second kappa shape index (κ2) is 5.99. The van der Waals surface area contributed by atoms with Crippen molar-refractivity contribution in [3.05, 3.63) is 23.7 Å². The van der Waals surface area contributed by atoms with Gasteiger partial charge < -0.3 is 14.6 Å². The van der Waals surface area contributed by atoms with Crippen LogP contribution in [0, 0.1) is 6.92 Å². The molecular weight excluding hydrogens is 274 g/mol. The van der Waals surface area contributed by atoms with Crippen molar-refractivity contribution in [1.29, 1.82) is 0 Å². The summed E-state index contributed by atoms with van der Waals surface area (Å²) in [5, 5.41) is 2.73. The Morgan fingerprint density at radius 1 is 1.33 bits per heavy atom. The minimum Gasteiger partial charge on any atom is -0.466 e. The van der Waals surface area contributed by atoms with E-state index in [1.54, 1.807) is 0 Å². The molecule has 1 aromatic heterocycles. The van der Waals surface area contributed by atoms with Gasteiger partial charge in [-0.2, -0.15) is 0 Å². The first-order chi connectivity index (χ1) is 9.90. The van der Waals surface area contributed by atoms with Crippen LogP contribution in [-0.4, -0.2) is 54.3 Å². The number of nitrogens with one attached hydrogen (secondary N) is 1. The van der Waals surface area contributed by atoms with Crippen molar-refractivity contribution in [3.8, 4) is 0 Å². The number of rotatable bonds is 5. The van der Waals surface area contributed by atoms with Crippen molar-refractivity contribution in [2.24, 2.45) is 0 Å². The SMILES string of the molecule is Cc1ccc(CCNC(=O)C[C@@H]2C(=O)N(C)C(=O)N2C)o1. The maximum atomic E-state index is 11.8. The van der Waals surface area contributed by atoms with Gasteiger partial charge in [-0.25, -0.2) is 4.79 Å². The van der Waals surface area contributed by atoms with E-state index in [0.717, 1.165) is 16.4 Å². The van der Waals surface area contributed by atoms with Crippen LogP contribution < -0.4 is 5.32 Å². The highest BCUT2D eigenvalue weighted by atomic mass is 16.3. The van der Waals surface area contributed by atoms with Crippen LogP contribution in [0.2, 0.25) is 0 Å². The van der Waals surface area contributed by atoms with Crippen molar-refractivity contribution in [2.45, 2.75) is 25.8 Å². The number of hydrogen-bond donors (Lipinski definition) is 1. The van der Waals surface area contributed by atoms with Crippen molar-refractivity contribution in [1.82, 2.24) is 15.1 Å². The number of urea groups is 1. The van der Waals surface area contributed by atoms with Crippen molar-refractivity contribution in [2.75, 3.05) is 20.6 Å². The number of carbonyl (C=O) groups is 3. The van der Waals surface area contributed by atoms with Crippen molar-refractivity contribution in [3.63, 3.8) is 0 Å². The van der Waals surface area contributed by atoms with Crippen LogP contribution in [0.1, 0.15) is 17.9 Å². The molecule has 1 aromatic rings. The molecule has 2 heterocycles. The smallest absolute Gasteiger partial charge is 0.326 e. The predicted molar refractivity (Wildman–Crippen MR) is 74.5 cm³/mol. The van der Waals surface area contributed by atoms with Gasteiger partial charge in [0.25, 0.3) is 5.91 Å². The molecule has 21 heavy (non-hydrogen) atoms. The molecule has 7 nitrogen and oxygen atoms in total. The van der Waals surface area contributed by atoms with Gasteiger partial charge in [0, 0.05) is 27.1 Å². The molecular formula is C14H19N3O4. The van der Waals surface area contributed by atoms with E-state index in [9.17, 15) is 14.4 Å². The Balaban J connectivity index is 1.79. The molecule has 1 atom stereocenters. The van der Waals surface area contributed by atoms with Crippen molar-refractivity contribution >= 4 is 17.8 Å². The van der Waals surface area contributed by atoms with Gasteiger partial charge in [-0.1, -0.05) is 0 Å². The zero-order chi connectivity index (χ0) is 15.6. The maximum Gasteiger partial charge on any atom is 0.326 e. The molecule has 0 unspecified atom stereocenters. The molecule has 1 fully saturated rings. The summed E-state index contributed by atoms with van der Waals surface area (Å²) in [7, 11) is 2.94. The lowest BCUT2D eigenvalue weighted by Crippen LogP contribution is -2.37. The Kier molecular flexibility index (Phi) is 4.30. The highest BCUT2D eigenvalue weighted by Crippen LogP contribution is 2.16. The van der Waals surface area contributed by atoms with Gasteiger partial charge in [-0.3, -0.25) is 14.5 Å². The first-order valence-corrected chi connectivity index (χ1v) is 6.76. The summed E-state index contributed by atoms with van der Waals surface area (Å²) >= 11 is 0. The monoisotopic (exact) mass is 293 g/mol. The molecule has 0 aromatic carbocycles. The Morgan fingerprint density at radius 3 is 2.57 bits per heavy atom. The second-order valence-electron chi connectivity index (χ2n) is 5.12. The molecule has 0 saturated carbocycles. The first kappa shape index (κ1) is 15.1. The normalized spacial score (nSPS) is 18.5. The molecule has 1 aliphatic heterocycles. The second-order valence-corrected chi connectivity index (χ2v) is 5.12. The van der Waals surface area contributed by atoms with E-state index < -0.39 is 6.04 Å². The fourth-order valence-electron chi connectivity index (χ4n) is 2.27. The Bertz CT molecular complexity index is 566. The highest BCUT2D eigenvalue weighted by molar-refractivity contribution is 6.05. The van der Waals surface area contributed by atoms with Crippen LogP contribution in [0.5, 0.6) is 0 Å². The average Bonchev–Trinajstić information content (AvgIpc) is 2.93. The molecule has 0 aliphatic carbocycles. The Morgan fingerprint density at radius 2 is 2.05 bits per heavy atom. The molecule has 0 radical (unpaired) electrons. The van der Waals surface area contributed by atoms with E-state index in [2.05, 4.69) is 5.32 Å². The predicted octanol–water partition coefficient (Wildman–Crippen LogP) is 0.529. The molecule has 7 heteroatoms. The number of nitrogens with zero attached hydrogens (tertiary/aromatic N) is 2. The maximum absolute atomic E-state index is 11.8. The molecule has 1 N–H and O–H groups in total. The van der Waals surface area contributed by atoms with Crippen LogP contribution in [0.4, 0.5) is 4.79 Å². The zero-order valence-electron chi connectivity index (χ0n) is 12.4. The van der Waals surface area contributed by atoms with Crippen LogP contribution >= 0.6 is 0 Å². The number of carbonyl (C=O) groups excluding carboxylic acids is 3. The van der Waals surface area contributed by atoms with Gasteiger partial charge in [-0.15, -0.1) is 0 Å². The van der Waals surface area contributed by atoms with Crippen LogP contribution in [0.25, 0.3) is 0 Å². The van der Waals surface area contributed by atoms with Gasteiger partial charge in [0.2, 0.25) is 5.91 Å². The minimum absolute atomic E-state index is 0.0252. The molecule has 0 bridgehead atoms. The Hall–Kier alpha value is -2.31. The Labute approximate surface area is 122 Å². The first-order valence-electron chi connectivity index (χ1n) is 6.76. The molecule has 114 valence electrons. The summed E-state index contributed by atoms with van der Waals surface area (Å²) in [6.45, 7) is 2.29. The fraction of sp³-hybridized carbons (Fsp3) is 0.500. The third kappa shape index (κ3) is 3.24. The van der Waals surface area contributed by atoms with E-state index in [0.29, 0.717) is 13.0 Å². The van der Waals surface area contributed by atoms with Gasteiger partial charge in [0.1, 0.15) is 17.6 Å². The number of furan rings is 1. The third-order valence-electron chi connectivity index (χ3n) is 3.54. The molecule has 0 spiro atoms. The number of likely N-dealkylation sites (N-methyl/N-ethyl adjacent to an activating group) is 2. The highest BCUT2D eigenvalue weighted by Gasteiger charge is 2.41. The van der Waals surface area contributed by atoms with Gasteiger partial charge in [0.15, 0.2) is 0 Å². The summed E-state index contributed by atoms with van der Waals surface area (Å²) in [4.78, 5) is 37.6. The molecule has 4 amide bonds.